The van der Waals surface area contributed by atoms with Crippen molar-refractivity contribution in [2.75, 3.05) is 0 Å². The molecule has 1 aliphatic heterocycles. The van der Waals surface area contributed by atoms with Crippen molar-refractivity contribution in [3.05, 3.63) is 11.6 Å². The van der Waals surface area contributed by atoms with Crippen molar-refractivity contribution in [1.29, 1.82) is 0 Å². The molecule has 0 N–H and O–H groups in total. The van der Waals surface area contributed by atoms with E-state index in [1.54, 1.807) is 6.92 Å². The fourth-order valence-corrected chi connectivity index (χ4v) is 0.791. The smallest absolute Gasteiger partial charge is 0.266 e. The molecule has 0 aromatic rings. The molecule has 48 valence electrons. The van der Waals surface area contributed by atoms with Gasteiger partial charge >= 0.3 is 0 Å². The number of carbonyl (C=O) groups is 2. The van der Waals surface area contributed by atoms with Crippen LogP contribution in [-0.4, -0.2) is 16.1 Å². The zero-order valence-electron chi connectivity index (χ0n) is 4.79. The van der Waals surface area contributed by atoms with Gasteiger partial charge in [0.1, 0.15) is 0 Å². The van der Waals surface area contributed by atoms with Crippen molar-refractivity contribution in [2.45, 2.75) is 6.92 Å². The Kier molecular flexibility index (Phi) is 1.32. The minimum absolute atomic E-state index is 0.330. The Hall–Kier alpha value is -0.770. The van der Waals surface area contributed by atoms with Gasteiger partial charge in [0.2, 0.25) is 0 Å². The lowest BCUT2D eigenvalue weighted by Gasteiger charge is -2.01. The van der Waals surface area contributed by atoms with E-state index in [1.807, 2.05) is 0 Å². The molecule has 0 radical (unpaired) electrons. The minimum Gasteiger partial charge on any atom is -0.268 e. The summed E-state index contributed by atoms with van der Waals surface area (Å²) in [5.74, 6) is -0.691. The molecule has 0 aliphatic carbocycles. The van der Waals surface area contributed by atoms with Gasteiger partial charge in [-0.15, -0.1) is 0 Å². The van der Waals surface area contributed by atoms with Gasteiger partial charge in [-0.1, -0.05) is 12.8 Å². The summed E-state index contributed by atoms with van der Waals surface area (Å²) < 4.78 is 0.787. The second-order valence-corrected chi connectivity index (χ2v) is 2.18. The largest absolute Gasteiger partial charge is 0.268 e. The standard InChI is InChI=1S/C5H5NO2S/c1-3-2-4(7)6(9)5(3)8/h2,9H,1H3. The fraction of sp³-hybridized carbons (Fsp3) is 0.200. The SMILES string of the molecule is CC1=CC(=O)N(S)C1=O. The first kappa shape index (κ1) is 6.35. The third-order valence-electron chi connectivity index (χ3n) is 1.08. The third kappa shape index (κ3) is 0.853. The van der Waals surface area contributed by atoms with E-state index in [2.05, 4.69) is 12.8 Å². The monoisotopic (exact) mass is 143 g/mol. The van der Waals surface area contributed by atoms with Crippen LogP contribution in [0.4, 0.5) is 0 Å². The molecule has 0 spiro atoms. The van der Waals surface area contributed by atoms with Crippen LogP contribution in [0, 0.1) is 0 Å². The van der Waals surface area contributed by atoms with Gasteiger partial charge in [-0.25, -0.2) is 4.31 Å². The Morgan fingerprint density at radius 1 is 1.56 bits per heavy atom. The number of amides is 2. The maximum atomic E-state index is 10.7. The van der Waals surface area contributed by atoms with E-state index in [4.69, 9.17) is 0 Å². The predicted molar refractivity (Wildman–Crippen MR) is 34.6 cm³/mol. The maximum absolute atomic E-state index is 10.7. The van der Waals surface area contributed by atoms with Gasteiger partial charge in [0.25, 0.3) is 11.8 Å². The van der Waals surface area contributed by atoms with Crippen molar-refractivity contribution >= 4 is 24.6 Å². The molecule has 0 bridgehead atoms. The van der Waals surface area contributed by atoms with Crippen LogP contribution in [0.2, 0.25) is 0 Å². The minimum atomic E-state index is -0.360. The number of carbonyl (C=O) groups excluding carboxylic acids is 2. The Labute approximate surface area is 57.9 Å². The van der Waals surface area contributed by atoms with E-state index in [9.17, 15) is 9.59 Å². The predicted octanol–water partition coefficient (Wildman–Crippen LogP) is 0.146. The first-order valence-corrected chi connectivity index (χ1v) is 2.78. The fourth-order valence-electron chi connectivity index (χ4n) is 0.575. The highest BCUT2D eigenvalue weighted by Crippen LogP contribution is 2.12. The molecule has 9 heavy (non-hydrogen) atoms. The summed E-state index contributed by atoms with van der Waals surface area (Å²) in [5.41, 5.74) is 0.440. The molecule has 0 saturated carbocycles. The van der Waals surface area contributed by atoms with Crippen LogP contribution < -0.4 is 0 Å². The van der Waals surface area contributed by atoms with E-state index in [0.717, 1.165) is 4.31 Å². The van der Waals surface area contributed by atoms with Gasteiger partial charge in [-0.2, -0.15) is 0 Å². The first-order chi connectivity index (χ1) is 4.13. The van der Waals surface area contributed by atoms with Gasteiger partial charge in [0.05, 0.1) is 0 Å². The Morgan fingerprint density at radius 2 is 2.11 bits per heavy atom. The van der Waals surface area contributed by atoms with Crippen LogP contribution in [0.1, 0.15) is 6.92 Å². The molecule has 2 amide bonds. The molecule has 0 atom stereocenters. The van der Waals surface area contributed by atoms with Gasteiger partial charge in [-0.3, -0.25) is 9.59 Å². The molecular formula is C5H5NO2S. The van der Waals surface area contributed by atoms with Gasteiger partial charge < -0.3 is 0 Å². The van der Waals surface area contributed by atoms with E-state index >= 15 is 0 Å². The first-order valence-electron chi connectivity index (χ1n) is 2.38. The second-order valence-electron chi connectivity index (χ2n) is 1.78. The molecule has 1 rings (SSSR count). The second kappa shape index (κ2) is 1.88. The van der Waals surface area contributed by atoms with E-state index in [1.165, 1.54) is 6.08 Å². The van der Waals surface area contributed by atoms with Crippen molar-refractivity contribution in [3.8, 4) is 0 Å². The number of thiol groups is 1. The van der Waals surface area contributed by atoms with Crippen LogP contribution in [0.25, 0.3) is 0 Å². The molecule has 0 aromatic heterocycles. The molecule has 0 fully saturated rings. The molecule has 0 unspecified atom stereocenters. The highest BCUT2D eigenvalue weighted by atomic mass is 32.1. The molecular weight excluding hydrogens is 138 g/mol. The summed E-state index contributed by atoms with van der Waals surface area (Å²) in [7, 11) is 0. The third-order valence-corrected chi connectivity index (χ3v) is 1.46. The highest BCUT2D eigenvalue weighted by molar-refractivity contribution is 7.79. The van der Waals surface area contributed by atoms with E-state index in [0.29, 0.717) is 5.57 Å². The summed E-state index contributed by atoms with van der Waals surface area (Å²) in [6, 6.07) is 0. The van der Waals surface area contributed by atoms with Crippen molar-refractivity contribution in [1.82, 2.24) is 4.31 Å². The number of imide groups is 1. The van der Waals surface area contributed by atoms with Gasteiger partial charge in [0.15, 0.2) is 0 Å². The average molecular weight is 143 g/mol. The topological polar surface area (TPSA) is 37.4 Å². The van der Waals surface area contributed by atoms with Crippen LogP contribution in [0.5, 0.6) is 0 Å². The number of nitrogens with zero attached hydrogens (tertiary/aromatic N) is 1. The average Bonchev–Trinajstić information content (AvgIpc) is 1.98. The van der Waals surface area contributed by atoms with Crippen LogP contribution in [0.3, 0.4) is 0 Å². The zero-order valence-corrected chi connectivity index (χ0v) is 5.68. The molecule has 3 nitrogen and oxygen atoms in total. The number of hydrogen-bond acceptors (Lipinski definition) is 3. The molecule has 1 heterocycles. The van der Waals surface area contributed by atoms with E-state index in [-0.39, 0.29) is 11.8 Å². The lowest BCUT2D eigenvalue weighted by molar-refractivity contribution is -0.130. The summed E-state index contributed by atoms with van der Waals surface area (Å²) in [6.45, 7) is 1.58. The van der Waals surface area contributed by atoms with Crippen LogP contribution in [0.15, 0.2) is 11.6 Å². The van der Waals surface area contributed by atoms with Crippen molar-refractivity contribution in [2.24, 2.45) is 0 Å². The highest BCUT2D eigenvalue weighted by Gasteiger charge is 2.24. The molecule has 4 heteroatoms. The molecule has 0 saturated heterocycles. The Morgan fingerprint density at radius 3 is 2.22 bits per heavy atom. The van der Waals surface area contributed by atoms with Crippen LogP contribution in [-0.2, 0) is 9.59 Å². The Bertz CT molecular complexity index is 209. The maximum Gasteiger partial charge on any atom is 0.266 e. The van der Waals surface area contributed by atoms with Crippen molar-refractivity contribution in [3.63, 3.8) is 0 Å². The molecule has 0 aromatic carbocycles. The van der Waals surface area contributed by atoms with Gasteiger partial charge in [-0.05, 0) is 6.92 Å². The summed E-state index contributed by atoms with van der Waals surface area (Å²) in [6.07, 6.45) is 1.26. The quantitative estimate of drug-likeness (QED) is 0.387. The zero-order chi connectivity index (χ0) is 7.02. The van der Waals surface area contributed by atoms with Gasteiger partial charge in [0, 0.05) is 11.6 Å². The van der Waals surface area contributed by atoms with Crippen LogP contribution >= 0.6 is 12.8 Å². The lowest BCUT2D eigenvalue weighted by Crippen LogP contribution is -2.19. The normalized spacial score (nSPS) is 18.9. The summed E-state index contributed by atoms with van der Waals surface area (Å²) >= 11 is 3.62. The lowest BCUT2D eigenvalue weighted by atomic mass is 10.3. The number of rotatable bonds is 0. The van der Waals surface area contributed by atoms with Crippen molar-refractivity contribution < 1.29 is 9.59 Å². The van der Waals surface area contributed by atoms with E-state index < -0.39 is 0 Å². The Balaban J connectivity index is 2.95. The summed E-state index contributed by atoms with van der Waals surface area (Å²) in [4.78, 5) is 21.2. The summed E-state index contributed by atoms with van der Waals surface area (Å²) in [5, 5.41) is 0. The number of hydrogen-bond donors (Lipinski definition) is 1. The molecule has 1 aliphatic rings.